The van der Waals surface area contributed by atoms with Crippen molar-refractivity contribution >= 4 is 29.9 Å². The molecule has 1 saturated heterocycles. The first kappa shape index (κ1) is 21.7. The maximum Gasteiger partial charge on any atom is 0.191 e. The van der Waals surface area contributed by atoms with Crippen molar-refractivity contribution in [2.24, 2.45) is 10.9 Å². The van der Waals surface area contributed by atoms with Crippen molar-refractivity contribution in [3.63, 3.8) is 0 Å². The van der Waals surface area contributed by atoms with E-state index < -0.39 is 0 Å². The third-order valence-corrected chi connectivity index (χ3v) is 3.97. The number of piperazine rings is 1. The molecule has 0 aromatic carbocycles. The molecule has 0 spiro atoms. The summed E-state index contributed by atoms with van der Waals surface area (Å²) in [5.41, 5.74) is 0. The normalized spacial score (nSPS) is 18.7. The second kappa shape index (κ2) is 12.1. The number of hydrogen-bond donors (Lipinski definition) is 2. The van der Waals surface area contributed by atoms with Crippen molar-refractivity contribution in [3.05, 3.63) is 12.7 Å². The molecular weight excluding hydrogens is 389 g/mol. The molecule has 130 valence electrons. The Bertz CT molecular complexity index is 324. The molecule has 2 N–H and O–H groups in total. The lowest BCUT2D eigenvalue weighted by Gasteiger charge is -2.39. The van der Waals surface area contributed by atoms with Crippen LogP contribution in [0.4, 0.5) is 0 Å². The lowest BCUT2D eigenvalue weighted by molar-refractivity contribution is 0.0925. The summed E-state index contributed by atoms with van der Waals surface area (Å²) in [5.74, 6) is 1.50. The smallest absolute Gasteiger partial charge is 0.191 e. The quantitative estimate of drug-likeness (QED) is 0.283. The van der Waals surface area contributed by atoms with Crippen molar-refractivity contribution in [2.75, 3.05) is 52.9 Å². The molecule has 1 aliphatic heterocycles. The fourth-order valence-corrected chi connectivity index (χ4v) is 2.60. The van der Waals surface area contributed by atoms with Gasteiger partial charge in [-0.05, 0) is 19.9 Å². The molecular formula is C16H34IN5. The molecule has 0 bridgehead atoms. The number of likely N-dealkylation sites (N-methyl/N-ethyl adjacent to an activating group) is 1. The highest BCUT2D eigenvalue weighted by molar-refractivity contribution is 14.0. The average molecular weight is 423 g/mol. The third kappa shape index (κ3) is 7.78. The van der Waals surface area contributed by atoms with Crippen molar-refractivity contribution in [2.45, 2.75) is 26.8 Å². The second-order valence-corrected chi connectivity index (χ2v) is 6.04. The van der Waals surface area contributed by atoms with E-state index in [4.69, 9.17) is 4.99 Å². The van der Waals surface area contributed by atoms with Gasteiger partial charge in [0.05, 0.1) is 6.54 Å². The molecule has 6 heteroatoms. The first-order valence-electron chi connectivity index (χ1n) is 8.14. The Labute approximate surface area is 153 Å². The predicted molar refractivity (Wildman–Crippen MR) is 107 cm³/mol. The molecule has 0 aromatic heterocycles. The van der Waals surface area contributed by atoms with Gasteiger partial charge in [0.15, 0.2) is 5.96 Å². The standard InChI is InChI=1S/C16H33N5.HI/c1-6-8-18-16(17-7-2)19-13-15(14(3)4)21-11-9-20(5)10-12-21;/h6,14-15H,1,7-13H2,2-5H3,(H2,17,18,19);1H. The molecule has 1 fully saturated rings. The Kier molecular flexibility index (Phi) is 11.9. The van der Waals surface area contributed by atoms with Crippen molar-refractivity contribution in [1.82, 2.24) is 20.4 Å². The van der Waals surface area contributed by atoms with Gasteiger partial charge in [0, 0.05) is 45.3 Å². The van der Waals surface area contributed by atoms with Crippen molar-refractivity contribution in [1.29, 1.82) is 0 Å². The summed E-state index contributed by atoms with van der Waals surface area (Å²) in [4.78, 5) is 9.74. The van der Waals surface area contributed by atoms with Crippen LogP contribution in [0.5, 0.6) is 0 Å². The van der Waals surface area contributed by atoms with Crippen LogP contribution in [0.25, 0.3) is 0 Å². The van der Waals surface area contributed by atoms with E-state index >= 15 is 0 Å². The zero-order valence-electron chi connectivity index (χ0n) is 14.6. The van der Waals surface area contributed by atoms with E-state index in [-0.39, 0.29) is 24.0 Å². The fourth-order valence-electron chi connectivity index (χ4n) is 2.60. The molecule has 0 saturated carbocycles. The van der Waals surface area contributed by atoms with Crippen LogP contribution < -0.4 is 10.6 Å². The highest BCUT2D eigenvalue weighted by Gasteiger charge is 2.24. The molecule has 22 heavy (non-hydrogen) atoms. The van der Waals surface area contributed by atoms with Gasteiger partial charge in [-0.2, -0.15) is 0 Å². The second-order valence-electron chi connectivity index (χ2n) is 6.04. The SMILES string of the molecule is C=CCNC(=NCC(C(C)C)N1CCN(C)CC1)NCC.I. The molecule has 1 unspecified atom stereocenters. The number of halogens is 1. The van der Waals surface area contributed by atoms with Gasteiger partial charge >= 0.3 is 0 Å². The minimum atomic E-state index is 0. The lowest BCUT2D eigenvalue weighted by atomic mass is 10.0. The van der Waals surface area contributed by atoms with Crippen LogP contribution in [-0.2, 0) is 0 Å². The van der Waals surface area contributed by atoms with Gasteiger partial charge in [-0.15, -0.1) is 30.6 Å². The molecule has 1 aliphatic rings. The third-order valence-electron chi connectivity index (χ3n) is 3.97. The van der Waals surface area contributed by atoms with E-state index in [9.17, 15) is 0 Å². The fraction of sp³-hybridized carbons (Fsp3) is 0.812. The number of aliphatic imine (C=N–C) groups is 1. The maximum absolute atomic E-state index is 4.76. The summed E-state index contributed by atoms with van der Waals surface area (Å²) in [6.45, 7) is 17.5. The summed E-state index contributed by atoms with van der Waals surface area (Å²) in [7, 11) is 2.20. The van der Waals surface area contributed by atoms with Gasteiger partial charge in [0.1, 0.15) is 0 Å². The first-order valence-corrected chi connectivity index (χ1v) is 8.14. The van der Waals surface area contributed by atoms with Gasteiger partial charge in [-0.3, -0.25) is 9.89 Å². The summed E-state index contributed by atoms with van der Waals surface area (Å²) < 4.78 is 0. The van der Waals surface area contributed by atoms with Crippen LogP contribution in [0.1, 0.15) is 20.8 Å². The zero-order chi connectivity index (χ0) is 15.7. The monoisotopic (exact) mass is 423 g/mol. The Hall–Kier alpha value is -0.340. The summed E-state index contributed by atoms with van der Waals surface area (Å²) >= 11 is 0. The Morgan fingerprint density at radius 3 is 2.36 bits per heavy atom. The molecule has 0 aliphatic carbocycles. The molecule has 0 aromatic rings. The average Bonchev–Trinajstić information content (AvgIpc) is 2.46. The largest absolute Gasteiger partial charge is 0.357 e. The summed E-state index contributed by atoms with van der Waals surface area (Å²) in [6, 6.07) is 0.512. The van der Waals surface area contributed by atoms with E-state index in [1.165, 1.54) is 0 Å². The Balaban J connectivity index is 0.00000441. The molecule has 1 atom stereocenters. The van der Waals surface area contributed by atoms with E-state index in [0.29, 0.717) is 12.0 Å². The van der Waals surface area contributed by atoms with Crippen molar-refractivity contribution in [3.8, 4) is 0 Å². The van der Waals surface area contributed by atoms with Gasteiger partial charge in [-0.1, -0.05) is 19.9 Å². The van der Waals surface area contributed by atoms with Crippen LogP contribution >= 0.6 is 24.0 Å². The number of nitrogens with one attached hydrogen (secondary N) is 2. The van der Waals surface area contributed by atoms with E-state index in [2.05, 4.69) is 54.8 Å². The number of guanidine groups is 1. The van der Waals surface area contributed by atoms with Crippen LogP contribution in [0.2, 0.25) is 0 Å². The Morgan fingerprint density at radius 1 is 1.23 bits per heavy atom. The van der Waals surface area contributed by atoms with E-state index in [0.717, 1.165) is 51.8 Å². The van der Waals surface area contributed by atoms with Gasteiger partial charge in [0.25, 0.3) is 0 Å². The minimum absolute atomic E-state index is 0. The number of nitrogens with zero attached hydrogens (tertiary/aromatic N) is 3. The molecule has 0 radical (unpaired) electrons. The zero-order valence-corrected chi connectivity index (χ0v) is 17.0. The van der Waals surface area contributed by atoms with Gasteiger partial charge in [-0.25, -0.2) is 0 Å². The molecule has 1 heterocycles. The molecule has 1 rings (SSSR count). The van der Waals surface area contributed by atoms with Crippen LogP contribution in [0.3, 0.4) is 0 Å². The summed E-state index contributed by atoms with van der Waals surface area (Å²) in [5, 5.41) is 6.55. The number of rotatable bonds is 7. The molecule has 5 nitrogen and oxygen atoms in total. The predicted octanol–water partition coefficient (Wildman–Crippen LogP) is 1.62. The topological polar surface area (TPSA) is 42.9 Å². The highest BCUT2D eigenvalue weighted by atomic mass is 127. The Morgan fingerprint density at radius 2 is 1.86 bits per heavy atom. The van der Waals surface area contributed by atoms with Gasteiger partial charge in [0.2, 0.25) is 0 Å². The van der Waals surface area contributed by atoms with E-state index in [1.54, 1.807) is 0 Å². The van der Waals surface area contributed by atoms with E-state index in [1.807, 2.05) is 6.08 Å². The van der Waals surface area contributed by atoms with Crippen LogP contribution in [-0.4, -0.2) is 74.7 Å². The van der Waals surface area contributed by atoms with Crippen molar-refractivity contribution < 1.29 is 0 Å². The maximum atomic E-state index is 4.76. The highest BCUT2D eigenvalue weighted by Crippen LogP contribution is 2.13. The minimum Gasteiger partial charge on any atom is -0.357 e. The summed E-state index contributed by atoms with van der Waals surface area (Å²) in [6.07, 6.45) is 1.85. The molecule has 0 amide bonds. The van der Waals surface area contributed by atoms with Crippen LogP contribution in [0.15, 0.2) is 17.6 Å². The first-order chi connectivity index (χ1) is 10.1. The van der Waals surface area contributed by atoms with Gasteiger partial charge < -0.3 is 15.5 Å². The van der Waals surface area contributed by atoms with Crippen LogP contribution in [0, 0.1) is 5.92 Å². The lowest BCUT2D eigenvalue weighted by Crippen LogP contribution is -2.52. The number of hydrogen-bond acceptors (Lipinski definition) is 3.